The lowest BCUT2D eigenvalue weighted by atomic mass is 10.00. The molecule has 4 nitrogen and oxygen atoms in total. The number of unbranched alkanes of at least 4 members (excludes halogenated alkanes) is 1. The number of hydrogen-bond donors (Lipinski definition) is 0. The number of hydrogen-bond acceptors (Lipinski definition) is 5. The van der Waals surface area contributed by atoms with E-state index in [0.717, 1.165) is 50.5 Å². The minimum absolute atomic E-state index is 0.290. The maximum absolute atomic E-state index is 12.1. The topological polar surface area (TPSA) is 26.8 Å². The Balaban J connectivity index is 1.09. The van der Waals surface area contributed by atoms with Crippen molar-refractivity contribution in [3.05, 3.63) is 59.5 Å². The molecule has 2 aromatic carbocycles. The summed E-state index contributed by atoms with van der Waals surface area (Å²) in [6.45, 7) is 7.58. The third-order valence-electron chi connectivity index (χ3n) is 6.49. The van der Waals surface area contributed by atoms with E-state index in [-0.39, 0.29) is 5.78 Å². The summed E-state index contributed by atoms with van der Waals surface area (Å²) < 4.78 is 1.39. The molecular formula is C25H29N3OS. The van der Waals surface area contributed by atoms with Crippen LogP contribution in [-0.2, 0) is 0 Å². The van der Waals surface area contributed by atoms with Crippen LogP contribution in [0.2, 0.25) is 0 Å². The van der Waals surface area contributed by atoms with Crippen molar-refractivity contribution in [1.29, 1.82) is 0 Å². The summed E-state index contributed by atoms with van der Waals surface area (Å²) in [6, 6.07) is 17.0. The lowest BCUT2D eigenvalue weighted by Gasteiger charge is -2.36. The Bertz CT molecular complexity index is 1020. The molecule has 0 unspecified atom stereocenters. The van der Waals surface area contributed by atoms with Crippen LogP contribution in [0, 0.1) is 0 Å². The van der Waals surface area contributed by atoms with Gasteiger partial charge >= 0.3 is 0 Å². The molecule has 0 aliphatic carbocycles. The van der Waals surface area contributed by atoms with Crippen molar-refractivity contribution in [2.45, 2.75) is 19.3 Å². The zero-order chi connectivity index (χ0) is 20.3. The Morgan fingerprint density at radius 2 is 1.60 bits per heavy atom. The van der Waals surface area contributed by atoms with E-state index in [1.165, 1.54) is 35.2 Å². The third-order valence-corrected chi connectivity index (χ3v) is 7.37. The first-order chi connectivity index (χ1) is 14.8. The molecule has 2 aliphatic heterocycles. The summed E-state index contributed by atoms with van der Waals surface area (Å²) in [5.74, 6) is 0.290. The number of Topliss-reactive ketones (excluding diaryl/α,β-unsaturated/α-hetero) is 1. The van der Waals surface area contributed by atoms with Crippen LogP contribution in [-0.4, -0.2) is 56.5 Å². The summed E-state index contributed by atoms with van der Waals surface area (Å²) >= 11 is 1.83. The first kappa shape index (κ1) is 19.6. The summed E-state index contributed by atoms with van der Waals surface area (Å²) in [7, 11) is 0. The highest BCUT2D eigenvalue weighted by Gasteiger charge is 2.22. The van der Waals surface area contributed by atoms with Crippen LogP contribution >= 0.6 is 11.3 Å². The maximum Gasteiger partial charge on any atom is 0.166 e. The minimum atomic E-state index is 0.290. The fraction of sp³-hybridized carbons (Fsp3) is 0.400. The van der Waals surface area contributed by atoms with Gasteiger partial charge in [0.25, 0.3) is 0 Å². The van der Waals surface area contributed by atoms with Gasteiger partial charge in [-0.3, -0.25) is 9.69 Å². The van der Waals surface area contributed by atoms with Crippen molar-refractivity contribution >= 4 is 38.6 Å². The van der Waals surface area contributed by atoms with Gasteiger partial charge in [0.1, 0.15) is 0 Å². The van der Waals surface area contributed by atoms with Gasteiger partial charge in [-0.1, -0.05) is 18.2 Å². The monoisotopic (exact) mass is 419 g/mol. The second kappa shape index (κ2) is 8.78. The molecule has 1 fully saturated rings. The molecular weight excluding hydrogens is 390 g/mol. The van der Waals surface area contributed by atoms with Crippen molar-refractivity contribution in [2.75, 3.05) is 55.6 Å². The number of anilines is 2. The molecule has 0 radical (unpaired) electrons. The van der Waals surface area contributed by atoms with Gasteiger partial charge in [0.2, 0.25) is 0 Å². The number of benzene rings is 2. The van der Waals surface area contributed by atoms with Crippen LogP contribution in [0.25, 0.3) is 10.1 Å². The predicted molar refractivity (Wildman–Crippen MR) is 127 cm³/mol. The second-order valence-corrected chi connectivity index (χ2v) is 9.27. The molecule has 156 valence electrons. The first-order valence-electron chi connectivity index (χ1n) is 11.1. The fourth-order valence-electron chi connectivity index (χ4n) is 4.81. The van der Waals surface area contributed by atoms with E-state index in [1.807, 2.05) is 29.5 Å². The van der Waals surface area contributed by atoms with E-state index < -0.39 is 0 Å². The minimum Gasteiger partial charge on any atom is -0.370 e. The standard InChI is InChI=1S/C25H29N3OS/c29-24-10-14-27(22-7-2-1-6-20(22)24)13-4-3-12-26-15-17-28(18-16-26)23-8-5-9-25-21(23)11-19-30-25/h1-2,5-9,11,19H,3-4,10,12-18H2. The fourth-order valence-corrected chi connectivity index (χ4v) is 5.62. The van der Waals surface area contributed by atoms with Gasteiger partial charge in [-0.05, 0) is 55.1 Å². The van der Waals surface area contributed by atoms with Gasteiger partial charge < -0.3 is 9.80 Å². The summed E-state index contributed by atoms with van der Waals surface area (Å²) in [5, 5.41) is 3.59. The molecule has 0 amide bonds. The number of rotatable bonds is 6. The van der Waals surface area contributed by atoms with Crippen LogP contribution < -0.4 is 9.80 Å². The average Bonchev–Trinajstić information content (AvgIpc) is 3.28. The zero-order valence-corrected chi connectivity index (χ0v) is 18.2. The summed E-state index contributed by atoms with van der Waals surface area (Å²) in [6.07, 6.45) is 3.04. The molecule has 1 saturated heterocycles. The molecule has 0 N–H and O–H groups in total. The largest absolute Gasteiger partial charge is 0.370 e. The molecule has 3 aromatic rings. The maximum atomic E-state index is 12.1. The molecule has 3 heterocycles. The number of para-hydroxylation sites is 1. The highest BCUT2D eigenvalue weighted by Crippen LogP contribution is 2.31. The Morgan fingerprint density at radius 1 is 0.800 bits per heavy atom. The van der Waals surface area contributed by atoms with Crippen molar-refractivity contribution in [3.63, 3.8) is 0 Å². The van der Waals surface area contributed by atoms with E-state index in [1.54, 1.807) is 0 Å². The van der Waals surface area contributed by atoms with E-state index in [0.29, 0.717) is 6.42 Å². The normalized spacial score (nSPS) is 17.5. The van der Waals surface area contributed by atoms with Gasteiger partial charge in [-0.15, -0.1) is 11.3 Å². The SMILES string of the molecule is O=C1CCN(CCCCN2CCN(c3cccc4sccc34)CC2)c2ccccc21. The Kier molecular flexibility index (Phi) is 5.73. The first-order valence-corrected chi connectivity index (χ1v) is 12.0. The average molecular weight is 420 g/mol. The Labute approximate surface area is 182 Å². The Morgan fingerprint density at radius 3 is 2.50 bits per heavy atom. The Hall–Kier alpha value is -2.37. The van der Waals surface area contributed by atoms with Crippen molar-refractivity contribution in [3.8, 4) is 0 Å². The third kappa shape index (κ3) is 3.96. The number of carbonyl (C=O) groups excluding carboxylic acids is 1. The van der Waals surface area contributed by atoms with Crippen molar-refractivity contribution in [2.24, 2.45) is 0 Å². The number of carbonyl (C=O) groups is 1. The molecule has 5 heteroatoms. The van der Waals surface area contributed by atoms with E-state index in [4.69, 9.17) is 0 Å². The molecule has 5 rings (SSSR count). The van der Waals surface area contributed by atoms with Crippen LogP contribution in [0.3, 0.4) is 0 Å². The molecule has 30 heavy (non-hydrogen) atoms. The number of fused-ring (bicyclic) bond motifs is 2. The molecule has 2 aliphatic rings. The summed E-state index contributed by atoms with van der Waals surface area (Å²) in [4.78, 5) is 19.7. The molecule has 0 saturated carbocycles. The highest BCUT2D eigenvalue weighted by molar-refractivity contribution is 7.17. The smallest absolute Gasteiger partial charge is 0.166 e. The van der Waals surface area contributed by atoms with Gasteiger partial charge in [-0.2, -0.15) is 0 Å². The van der Waals surface area contributed by atoms with E-state index in [9.17, 15) is 4.79 Å². The van der Waals surface area contributed by atoms with Gasteiger partial charge in [-0.25, -0.2) is 0 Å². The molecule has 0 spiro atoms. The summed E-state index contributed by atoms with van der Waals surface area (Å²) in [5.41, 5.74) is 3.43. The lowest BCUT2D eigenvalue weighted by Crippen LogP contribution is -2.46. The molecule has 0 atom stereocenters. The van der Waals surface area contributed by atoms with Gasteiger partial charge in [0, 0.05) is 72.7 Å². The van der Waals surface area contributed by atoms with Gasteiger partial charge in [0.15, 0.2) is 5.78 Å². The van der Waals surface area contributed by atoms with E-state index in [2.05, 4.69) is 50.4 Å². The molecule has 0 bridgehead atoms. The predicted octanol–water partition coefficient (Wildman–Crippen LogP) is 4.90. The second-order valence-electron chi connectivity index (χ2n) is 8.32. The number of piperazine rings is 1. The highest BCUT2D eigenvalue weighted by atomic mass is 32.1. The molecule has 1 aromatic heterocycles. The van der Waals surface area contributed by atoms with Crippen LogP contribution in [0.15, 0.2) is 53.9 Å². The van der Waals surface area contributed by atoms with E-state index >= 15 is 0 Å². The lowest BCUT2D eigenvalue weighted by molar-refractivity contribution is 0.0980. The number of thiophene rings is 1. The van der Waals surface area contributed by atoms with Crippen LogP contribution in [0.1, 0.15) is 29.6 Å². The number of nitrogens with zero attached hydrogens (tertiary/aromatic N) is 3. The van der Waals surface area contributed by atoms with Crippen LogP contribution in [0.5, 0.6) is 0 Å². The van der Waals surface area contributed by atoms with Gasteiger partial charge in [0.05, 0.1) is 0 Å². The number of ketones is 1. The van der Waals surface area contributed by atoms with Crippen molar-refractivity contribution < 1.29 is 4.79 Å². The van der Waals surface area contributed by atoms with Crippen molar-refractivity contribution in [1.82, 2.24) is 4.90 Å². The zero-order valence-electron chi connectivity index (χ0n) is 17.4. The van der Waals surface area contributed by atoms with Crippen LogP contribution in [0.4, 0.5) is 11.4 Å². The quantitative estimate of drug-likeness (QED) is 0.531.